The number of benzene rings is 1. The minimum absolute atomic E-state index is 0.306. The summed E-state index contributed by atoms with van der Waals surface area (Å²) in [6.07, 6.45) is -2.18. The third-order valence-corrected chi connectivity index (χ3v) is 4.43. The van der Waals surface area contributed by atoms with E-state index in [9.17, 15) is 13.2 Å². The molecule has 20 heavy (non-hydrogen) atoms. The van der Waals surface area contributed by atoms with Crippen molar-refractivity contribution in [3.05, 3.63) is 22.7 Å². The molecule has 0 aliphatic heterocycles. The van der Waals surface area contributed by atoms with Gasteiger partial charge in [0.15, 0.2) is 0 Å². The molecule has 0 spiro atoms. The van der Waals surface area contributed by atoms with Gasteiger partial charge < -0.3 is 5.73 Å². The van der Waals surface area contributed by atoms with Crippen molar-refractivity contribution in [3.63, 3.8) is 0 Å². The summed E-state index contributed by atoms with van der Waals surface area (Å²) in [5.41, 5.74) is 7.23. The molecule has 0 atom stereocenters. The summed E-state index contributed by atoms with van der Waals surface area (Å²) < 4.78 is 36.8. The van der Waals surface area contributed by atoms with Gasteiger partial charge in [-0.1, -0.05) is 11.6 Å². The predicted molar refractivity (Wildman–Crippen MR) is 77.0 cm³/mol. The maximum Gasteiger partial charge on any atom is 0.398 e. The molecule has 0 aromatic heterocycles. The summed E-state index contributed by atoms with van der Waals surface area (Å²) in [6.45, 7) is 1.81. The largest absolute Gasteiger partial charge is 0.398 e. The standard InChI is InChI=1S/C13H14ClF3N2S/c1-7-4-9(14)11(20-6-13(15,16)17)5-10(7)19-12(18)8-2-3-8/h4-5,8H,2-3,6H2,1H3,(H2,18,19). The van der Waals surface area contributed by atoms with Gasteiger partial charge in [0, 0.05) is 10.8 Å². The molecule has 0 radical (unpaired) electrons. The molecule has 7 heteroatoms. The van der Waals surface area contributed by atoms with E-state index < -0.39 is 11.9 Å². The lowest BCUT2D eigenvalue weighted by atomic mass is 10.2. The van der Waals surface area contributed by atoms with Crippen molar-refractivity contribution in [3.8, 4) is 0 Å². The van der Waals surface area contributed by atoms with Gasteiger partial charge in [-0.25, -0.2) is 4.99 Å². The Kier molecular flexibility index (Phi) is 4.54. The summed E-state index contributed by atoms with van der Waals surface area (Å²) in [5.74, 6) is -0.115. The SMILES string of the molecule is Cc1cc(Cl)c(SCC(F)(F)F)cc1N=C(N)C1CC1. The van der Waals surface area contributed by atoms with Crippen LogP contribution in [0.4, 0.5) is 18.9 Å². The van der Waals surface area contributed by atoms with E-state index in [-0.39, 0.29) is 0 Å². The molecule has 0 bridgehead atoms. The Morgan fingerprint density at radius 1 is 1.45 bits per heavy atom. The number of alkyl halides is 3. The third-order valence-electron chi connectivity index (χ3n) is 2.89. The molecule has 1 saturated carbocycles. The first-order chi connectivity index (χ1) is 9.26. The fourth-order valence-electron chi connectivity index (χ4n) is 1.64. The Hall–Kier alpha value is -0.880. The summed E-state index contributed by atoms with van der Waals surface area (Å²) in [6, 6.07) is 3.20. The summed E-state index contributed by atoms with van der Waals surface area (Å²) in [4.78, 5) is 4.68. The number of amidine groups is 1. The molecule has 0 amide bonds. The molecule has 2 rings (SSSR count). The first kappa shape index (κ1) is 15.5. The van der Waals surface area contributed by atoms with Gasteiger partial charge in [-0.15, -0.1) is 11.8 Å². The highest BCUT2D eigenvalue weighted by atomic mass is 35.5. The topological polar surface area (TPSA) is 38.4 Å². The van der Waals surface area contributed by atoms with E-state index in [2.05, 4.69) is 4.99 Å². The zero-order valence-electron chi connectivity index (χ0n) is 10.8. The van der Waals surface area contributed by atoms with Crippen molar-refractivity contribution in [2.45, 2.75) is 30.8 Å². The van der Waals surface area contributed by atoms with Crippen molar-refractivity contribution in [2.75, 3.05) is 5.75 Å². The Labute approximate surface area is 124 Å². The summed E-state index contributed by atoms with van der Waals surface area (Å²) >= 11 is 6.63. The van der Waals surface area contributed by atoms with Gasteiger partial charge in [0.05, 0.1) is 16.5 Å². The molecule has 1 fully saturated rings. The number of hydrogen-bond acceptors (Lipinski definition) is 2. The maximum atomic E-state index is 12.3. The second kappa shape index (κ2) is 5.85. The fraction of sp³-hybridized carbons (Fsp3) is 0.462. The lowest BCUT2D eigenvalue weighted by molar-refractivity contribution is -0.105. The van der Waals surface area contributed by atoms with E-state index in [0.717, 1.165) is 18.4 Å². The van der Waals surface area contributed by atoms with Crippen molar-refractivity contribution in [2.24, 2.45) is 16.6 Å². The van der Waals surface area contributed by atoms with E-state index in [1.807, 2.05) is 6.92 Å². The monoisotopic (exact) mass is 322 g/mol. The lowest BCUT2D eigenvalue weighted by Crippen LogP contribution is -2.13. The maximum absolute atomic E-state index is 12.3. The van der Waals surface area contributed by atoms with Crippen molar-refractivity contribution in [1.82, 2.24) is 0 Å². The Bertz CT molecular complexity index is 539. The minimum atomic E-state index is -4.23. The van der Waals surface area contributed by atoms with Crippen LogP contribution < -0.4 is 5.73 Å². The molecule has 0 unspecified atom stereocenters. The Morgan fingerprint density at radius 3 is 2.65 bits per heavy atom. The zero-order valence-corrected chi connectivity index (χ0v) is 12.4. The third kappa shape index (κ3) is 4.31. The highest BCUT2D eigenvalue weighted by Gasteiger charge is 2.28. The summed E-state index contributed by atoms with van der Waals surface area (Å²) in [7, 11) is 0. The van der Waals surface area contributed by atoms with E-state index in [1.165, 1.54) is 0 Å². The number of aryl methyl sites for hydroxylation is 1. The van der Waals surface area contributed by atoms with E-state index >= 15 is 0 Å². The summed E-state index contributed by atoms with van der Waals surface area (Å²) in [5, 5.41) is 0.306. The Morgan fingerprint density at radius 2 is 2.10 bits per heavy atom. The van der Waals surface area contributed by atoms with Crippen LogP contribution in [0.5, 0.6) is 0 Å². The van der Waals surface area contributed by atoms with E-state index in [4.69, 9.17) is 17.3 Å². The molecule has 110 valence electrons. The van der Waals surface area contributed by atoms with Crippen LogP contribution in [0.25, 0.3) is 0 Å². The molecule has 0 heterocycles. The number of nitrogens with zero attached hydrogens (tertiary/aromatic N) is 1. The van der Waals surface area contributed by atoms with E-state index in [0.29, 0.717) is 39.1 Å². The van der Waals surface area contributed by atoms with Crippen molar-refractivity contribution >= 4 is 34.9 Å². The molecule has 1 aromatic carbocycles. The fourth-order valence-corrected chi connectivity index (χ4v) is 2.74. The van der Waals surface area contributed by atoms with Gasteiger partial charge in [0.1, 0.15) is 5.84 Å². The lowest BCUT2D eigenvalue weighted by Gasteiger charge is -2.10. The zero-order chi connectivity index (χ0) is 14.9. The second-order valence-electron chi connectivity index (χ2n) is 4.78. The first-order valence-electron chi connectivity index (χ1n) is 6.10. The van der Waals surface area contributed by atoms with Crippen LogP contribution in [0.15, 0.2) is 22.0 Å². The van der Waals surface area contributed by atoms with Crippen LogP contribution in [-0.4, -0.2) is 17.8 Å². The van der Waals surface area contributed by atoms with Gasteiger partial charge in [0.25, 0.3) is 0 Å². The highest BCUT2D eigenvalue weighted by Crippen LogP contribution is 2.37. The number of halogens is 4. The number of nitrogens with two attached hydrogens (primary N) is 1. The smallest absolute Gasteiger partial charge is 0.387 e. The molecule has 0 saturated heterocycles. The molecule has 1 aliphatic carbocycles. The number of aliphatic imine (C=N–C) groups is 1. The number of rotatable bonds is 4. The van der Waals surface area contributed by atoms with Crippen molar-refractivity contribution in [1.29, 1.82) is 0 Å². The number of hydrogen-bond donors (Lipinski definition) is 1. The van der Waals surface area contributed by atoms with Gasteiger partial charge in [-0.05, 0) is 37.5 Å². The van der Waals surface area contributed by atoms with Crippen LogP contribution in [0.2, 0.25) is 5.02 Å². The first-order valence-corrected chi connectivity index (χ1v) is 7.46. The molecule has 1 aliphatic rings. The molecular weight excluding hydrogens is 309 g/mol. The normalized spacial score (nSPS) is 16.6. The molecule has 2 nitrogen and oxygen atoms in total. The molecule has 2 N–H and O–H groups in total. The van der Waals surface area contributed by atoms with Gasteiger partial charge in [0.2, 0.25) is 0 Å². The van der Waals surface area contributed by atoms with Crippen LogP contribution in [0.3, 0.4) is 0 Å². The molecular formula is C13H14ClF3N2S. The van der Waals surface area contributed by atoms with Crippen LogP contribution in [-0.2, 0) is 0 Å². The van der Waals surface area contributed by atoms with Crippen molar-refractivity contribution < 1.29 is 13.2 Å². The van der Waals surface area contributed by atoms with Gasteiger partial charge >= 0.3 is 6.18 Å². The second-order valence-corrected chi connectivity index (χ2v) is 6.21. The number of thioether (sulfide) groups is 1. The van der Waals surface area contributed by atoms with E-state index in [1.54, 1.807) is 12.1 Å². The highest BCUT2D eigenvalue weighted by molar-refractivity contribution is 7.99. The van der Waals surface area contributed by atoms with Crippen LogP contribution >= 0.6 is 23.4 Å². The van der Waals surface area contributed by atoms with Gasteiger partial charge in [-0.3, -0.25) is 0 Å². The Balaban J connectivity index is 2.22. The average molecular weight is 323 g/mol. The quantitative estimate of drug-likeness (QED) is 0.495. The van der Waals surface area contributed by atoms with Gasteiger partial charge in [-0.2, -0.15) is 13.2 Å². The predicted octanol–water partition coefficient (Wildman–Crippen LogP) is 4.70. The van der Waals surface area contributed by atoms with Crippen LogP contribution in [0.1, 0.15) is 18.4 Å². The minimum Gasteiger partial charge on any atom is -0.387 e. The molecule has 1 aromatic rings. The average Bonchev–Trinajstić information content (AvgIpc) is 3.13. The van der Waals surface area contributed by atoms with Crippen LogP contribution in [0, 0.1) is 12.8 Å².